The number of amides is 1. The Morgan fingerprint density at radius 1 is 1.03 bits per heavy atom. The highest BCUT2D eigenvalue weighted by Gasteiger charge is 2.11. The summed E-state index contributed by atoms with van der Waals surface area (Å²) in [6.45, 7) is 4.03. The predicted octanol–water partition coefficient (Wildman–Crippen LogP) is 6.95. The zero-order valence-corrected chi connectivity index (χ0v) is 22.7. The Kier molecular flexibility index (Phi) is 9.82. The Hall–Kier alpha value is -3.77. The van der Waals surface area contributed by atoms with Crippen molar-refractivity contribution in [1.82, 2.24) is 14.9 Å². The van der Waals surface area contributed by atoms with Crippen molar-refractivity contribution in [3.8, 4) is 11.5 Å². The zero-order valence-electron chi connectivity index (χ0n) is 22.0. The molecule has 0 atom stereocenters. The second-order valence-corrected chi connectivity index (χ2v) is 9.44. The smallest absolute Gasteiger partial charge is 0.251 e. The van der Waals surface area contributed by atoms with E-state index in [-0.39, 0.29) is 5.91 Å². The molecule has 198 valence electrons. The topological polar surface area (TPSA) is 65.4 Å². The summed E-state index contributed by atoms with van der Waals surface area (Å²) in [5.74, 6) is 2.44. The number of halogens is 1. The number of benzene rings is 3. The second kappa shape index (κ2) is 13.7. The summed E-state index contributed by atoms with van der Waals surface area (Å²) in [7, 11) is 1.66. The zero-order chi connectivity index (χ0) is 26.7. The van der Waals surface area contributed by atoms with Gasteiger partial charge >= 0.3 is 0 Å². The fourth-order valence-electron chi connectivity index (χ4n) is 4.37. The number of imidazole rings is 1. The van der Waals surface area contributed by atoms with Crippen LogP contribution in [0, 0.1) is 0 Å². The molecule has 0 bridgehead atoms. The average Bonchev–Trinajstić information content (AvgIpc) is 3.29. The molecule has 4 aromatic rings. The van der Waals surface area contributed by atoms with Crippen molar-refractivity contribution in [2.24, 2.45) is 0 Å². The summed E-state index contributed by atoms with van der Waals surface area (Å²) >= 11 is 5.91. The first-order chi connectivity index (χ1) is 18.6. The number of hydrogen-bond acceptors (Lipinski definition) is 4. The first kappa shape index (κ1) is 27.3. The number of unbranched alkanes of at least 4 members (excludes halogenated alkanes) is 1. The van der Waals surface area contributed by atoms with Crippen molar-refractivity contribution in [3.05, 3.63) is 94.8 Å². The lowest BCUT2D eigenvalue weighted by atomic mass is 10.2. The minimum atomic E-state index is -0.0942. The molecule has 4 rings (SSSR count). The molecule has 0 aliphatic rings. The Morgan fingerprint density at radius 3 is 2.63 bits per heavy atom. The van der Waals surface area contributed by atoms with Crippen LogP contribution in [0.4, 0.5) is 0 Å². The van der Waals surface area contributed by atoms with Gasteiger partial charge in [-0.3, -0.25) is 4.79 Å². The second-order valence-electron chi connectivity index (χ2n) is 9.00. The molecule has 1 N–H and O–H groups in total. The standard InChI is InChI=1S/C31H34ClN3O3/c1-3-9-23-13-18-28(29(22-23)37-2)38-21-7-6-20-35-27-11-5-4-10-26(27)34-30(35)12-8-19-33-31(36)24-14-16-25(32)17-15-24/h3-5,9-11,13-18,22H,6-8,12,19-21H2,1-2H3,(H,33,36)/b9-3+. The lowest BCUT2D eigenvalue weighted by molar-refractivity contribution is 0.0953. The minimum absolute atomic E-state index is 0.0942. The van der Waals surface area contributed by atoms with Gasteiger partial charge in [0.25, 0.3) is 5.91 Å². The van der Waals surface area contributed by atoms with Gasteiger partial charge in [0.2, 0.25) is 0 Å². The maximum Gasteiger partial charge on any atom is 0.251 e. The SMILES string of the molecule is C/C=C/c1ccc(OCCCCn2c(CCCNC(=O)c3ccc(Cl)cc3)nc3ccccc32)c(OC)c1. The van der Waals surface area contributed by atoms with Crippen LogP contribution in [0.1, 0.15) is 47.9 Å². The lowest BCUT2D eigenvalue weighted by Gasteiger charge is -2.12. The number of carbonyl (C=O) groups excluding carboxylic acids is 1. The molecular formula is C31H34ClN3O3. The third kappa shape index (κ3) is 7.17. The van der Waals surface area contributed by atoms with Crippen molar-refractivity contribution in [2.45, 2.75) is 39.2 Å². The highest BCUT2D eigenvalue weighted by molar-refractivity contribution is 6.30. The maximum atomic E-state index is 12.4. The summed E-state index contributed by atoms with van der Waals surface area (Å²) in [5, 5.41) is 3.60. The third-order valence-electron chi connectivity index (χ3n) is 6.28. The van der Waals surface area contributed by atoms with Crippen molar-refractivity contribution in [1.29, 1.82) is 0 Å². The number of aryl methyl sites for hydroxylation is 2. The van der Waals surface area contributed by atoms with E-state index in [0.29, 0.717) is 23.7 Å². The Bertz CT molecular complexity index is 1380. The van der Waals surface area contributed by atoms with Gasteiger partial charge in [-0.1, -0.05) is 42.0 Å². The van der Waals surface area contributed by atoms with Gasteiger partial charge in [0.05, 0.1) is 24.8 Å². The maximum absolute atomic E-state index is 12.4. The number of methoxy groups -OCH3 is 1. The molecule has 1 aromatic heterocycles. The molecule has 0 saturated heterocycles. The number of ether oxygens (including phenoxy) is 2. The van der Waals surface area contributed by atoms with Crippen LogP contribution in [0.2, 0.25) is 5.02 Å². The van der Waals surface area contributed by atoms with E-state index in [4.69, 9.17) is 26.1 Å². The molecule has 1 amide bonds. The molecule has 3 aromatic carbocycles. The molecule has 0 fully saturated rings. The van der Waals surface area contributed by atoms with Crippen molar-refractivity contribution in [2.75, 3.05) is 20.3 Å². The van der Waals surface area contributed by atoms with Crippen LogP contribution in [-0.4, -0.2) is 35.7 Å². The molecule has 0 aliphatic heterocycles. The quantitative estimate of drug-likeness (QED) is 0.189. The van der Waals surface area contributed by atoms with Crippen molar-refractivity contribution < 1.29 is 14.3 Å². The van der Waals surface area contributed by atoms with E-state index in [0.717, 1.165) is 66.1 Å². The predicted molar refractivity (Wildman–Crippen MR) is 154 cm³/mol. The first-order valence-electron chi connectivity index (χ1n) is 13.0. The van der Waals surface area contributed by atoms with Gasteiger partial charge in [-0.25, -0.2) is 4.98 Å². The first-order valence-corrected chi connectivity index (χ1v) is 13.4. The molecular weight excluding hydrogens is 498 g/mol. The van der Waals surface area contributed by atoms with Crippen molar-refractivity contribution in [3.63, 3.8) is 0 Å². The van der Waals surface area contributed by atoms with Gasteiger partial charge in [0.15, 0.2) is 11.5 Å². The lowest BCUT2D eigenvalue weighted by Crippen LogP contribution is -2.25. The molecule has 0 saturated carbocycles. The highest BCUT2D eigenvalue weighted by Crippen LogP contribution is 2.29. The van der Waals surface area contributed by atoms with Gasteiger partial charge < -0.3 is 19.4 Å². The minimum Gasteiger partial charge on any atom is -0.493 e. The summed E-state index contributed by atoms with van der Waals surface area (Å²) in [4.78, 5) is 17.2. The number of nitrogens with one attached hydrogen (secondary N) is 1. The van der Waals surface area contributed by atoms with Gasteiger partial charge in [-0.2, -0.15) is 0 Å². The molecule has 0 radical (unpaired) electrons. The summed E-state index contributed by atoms with van der Waals surface area (Å²) in [6, 6.07) is 21.1. The van der Waals surface area contributed by atoms with Crippen LogP contribution in [0.5, 0.6) is 11.5 Å². The summed E-state index contributed by atoms with van der Waals surface area (Å²) in [6.07, 6.45) is 7.48. The van der Waals surface area contributed by atoms with Gasteiger partial charge in [-0.05, 0) is 80.3 Å². The Balaban J connectivity index is 1.29. The van der Waals surface area contributed by atoms with Crippen LogP contribution in [-0.2, 0) is 13.0 Å². The molecule has 38 heavy (non-hydrogen) atoms. The summed E-state index contributed by atoms with van der Waals surface area (Å²) in [5.41, 5.74) is 3.82. The highest BCUT2D eigenvalue weighted by atomic mass is 35.5. The number of hydrogen-bond donors (Lipinski definition) is 1. The van der Waals surface area contributed by atoms with E-state index in [1.54, 1.807) is 31.4 Å². The van der Waals surface area contributed by atoms with Crippen LogP contribution in [0.25, 0.3) is 17.1 Å². The monoisotopic (exact) mass is 531 g/mol. The Morgan fingerprint density at radius 2 is 1.84 bits per heavy atom. The van der Waals surface area contributed by atoms with Crippen LogP contribution in [0.15, 0.2) is 72.8 Å². The van der Waals surface area contributed by atoms with Crippen LogP contribution >= 0.6 is 11.6 Å². The summed E-state index contributed by atoms with van der Waals surface area (Å²) < 4.78 is 13.8. The third-order valence-corrected chi connectivity index (χ3v) is 6.54. The number of para-hydroxylation sites is 2. The molecule has 1 heterocycles. The molecule has 0 aliphatic carbocycles. The largest absolute Gasteiger partial charge is 0.493 e. The number of rotatable bonds is 13. The average molecular weight is 532 g/mol. The van der Waals surface area contributed by atoms with E-state index in [9.17, 15) is 4.79 Å². The molecule has 6 nitrogen and oxygen atoms in total. The van der Waals surface area contributed by atoms with Gasteiger partial charge in [0, 0.05) is 30.1 Å². The van der Waals surface area contributed by atoms with E-state index < -0.39 is 0 Å². The Labute approximate surface area is 229 Å². The molecule has 0 unspecified atom stereocenters. The van der Waals surface area contributed by atoms with E-state index >= 15 is 0 Å². The van der Waals surface area contributed by atoms with Crippen LogP contribution in [0.3, 0.4) is 0 Å². The number of allylic oxidation sites excluding steroid dienone is 1. The normalized spacial score (nSPS) is 11.2. The van der Waals surface area contributed by atoms with E-state index in [1.165, 1.54) is 0 Å². The number of aromatic nitrogens is 2. The number of nitrogens with zero attached hydrogens (tertiary/aromatic N) is 2. The fraction of sp³-hybridized carbons (Fsp3) is 0.290. The molecule has 0 spiro atoms. The van der Waals surface area contributed by atoms with Gasteiger partial charge in [0.1, 0.15) is 5.82 Å². The van der Waals surface area contributed by atoms with Crippen LogP contribution < -0.4 is 14.8 Å². The molecule has 7 heteroatoms. The number of fused-ring (bicyclic) bond motifs is 1. The van der Waals surface area contributed by atoms with E-state index in [1.807, 2.05) is 55.5 Å². The van der Waals surface area contributed by atoms with E-state index in [2.05, 4.69) is 16.0 Å². The fourth-order valence-corrected chi connectivity index (χ4v) is 4.50. The van der Waals surface area contributed by atoms with Crippen molar-refractivity contribution >= 4 is 34.6 Å². The number of carbonyl (C=O) groups is 1. The van der Waals surface area contributed by atoms with Gasteiger partial charge in [-0.15, -0.1) is 0 Å².